The Balaban J connectivity index is 2.84. The molecule has 0 saturated carbocycles. The number of carboxylic acid groups (broad SMARTS) is 2. The zero-order chi connectivity index (χ0) is 15.4. The van der Waals surface area contributed by atoms with Crippen LogP contribution in [0, 0.1) is 0 Å². The van der Waals surface area contributed by atoms with E-state index in [1.54, 1.807) is 0 Å². The predicted molar refractivity (Wildman–Crippen MR) is 66.9 cm³/mol. The lowest BCUT2D eigenvalue weighted by molar-refractivity contribution is -0.161. The van der Waals surface area contributed by atoms with E-state index in [-0.39, 0.29) is 6.54 Å². The van der Waals surface area contributed by atoms with Crippen LogP contribution in [0.5, 0.6) is 0 Å². The molecule has 1 fully saturated rings. The van der Waals surface area contributed by atoms with E-state index in [4.69, 9.17) is 10.2 Å². The number of likely N-dealkylation sites (N-methyl/N-ethyl adjacent to an activating group) is 1. The van der Waals surface area contributed by atoms with Crippen LogP contribution in [0.2, 0.25) is 0 Å². The van der Waals surface area contributed by atoms with E-state index >= 15 is 0 Å². The molecule has 2 amide bonds. The van der Waals surface area contributed by atoms with Gasteiger partial charge in [0.25, 0.3) is 0 Å². The largest absolute Gasteiger partial charge is 0.480 e. The SMILES string of the molecule is CC(C(=O)O)N(C)C(=O)C(=O)N1CCCC[C@@H]1C(=O)O. The predicted octanol–water partition coefficient (Wildman–Crippen LogP) is -0.616. The second-order valence-electron chi connectivity index (χ2n) is 4.78. The number of carboxylic acids is 2. The van der Waals surface area contributed by atoms with Gasteiger partial charge in [-0.05, 0) is 26.2 Å². The third kappa shape index (κ3) is 3.25. The molecular weight excluding hydrogens is 268 g/mol. The molecule has 1 unspecified atom stereocenters. The molecule has 0 radical (unpaired) electrons. The van der Waals surface area contributed by atoms with Gasteiger partial charge in [-0.1, -0.05) is 0 Å². The van der Waals surface area contributed by atoms with Crippen LogP contribution in [0.4, 0.5) is 0 Å². The van der Waals surface area contributed by atoms with Crippen molar-refractivity contribution in [2.45, 2.75) is 38.3 Å². The molecular formula is C12H18N2O6. The number of piperidine rings is 1. The van der Waals surface area contributed by atoms with Crippen molar-refractivity contribution < 1.29 is 29.4 Å². The van der Waals surface area contributed by atoms with Gasteiger partial charge >= 0.3 is 23.8 Å². The Kier molecular flexibility index (Phi) is 5.06. The van der Waals surface area contributed by atoms with Crippen LogP contribution in [0.15, 0.2) is 0 Å². The summed E-state index contributed by atoms with van der Waals surface area (Å²) in [5.74, 6) is -4.36. The summed E-state index contributed by atoms with van der Waals surface area (Å²) in [4.78, 5) is 47.7. The number of hydrogen-bond donors (Lipinski definition) is 2. The van der Waals surface area contributed by atoms with Crippen molar-refractivity contribution in [3.8, 4) is 0 Å². The minimum absolute atomic E-state index is 0.191. The van der Waals surface area contributed by atoms with Crippen molar-refractivity contribution in [1.82, 2.24) is 9.80 Å². The maximum Gasteiger partial charge on any atom is 0.326 e. The second-order valence-corrected chi connectivity index (χ2v) is 4.78. The van der Waals surface area contributed by atoms with Crippen molar-refractivity contribution in [2.75, 3.05) is 13.6 Å². The van der Waals surface area contributed by atoms with Crippen molar-refractivity contribution >= 4 is 23.8 Å². The lowest BCUT2D eigenvalue weighted by Gasteiger charge is -2.33. The third-order valence-electron chi connectivity index (χ3n) is 3.49. The molecule has 2 N–H and O–H groups in total. The van der Waals surface area contributed by atoms with Crippen LogP contribution in [0.25, 0.3) is 0 Å². The minimum atomic E-state index is -1.23. The Labute approximate surface area is 116 Å². The molecule has 0 aromatic carbocycles. The first-order valence-corrected chi connectivity index (χ1v) is 6.30. The van der Waals surface area contributed by atoms with E-state index in [1.807, 2.05) is 0 Å². The zero-order valence-electron chi connectivity index (χ0n) is 11.4. The Hall–Kier alpha value is -2.12. The molecule has 8 heteroatoms. The monoisotopic (exact) mass is 286 g/mol. The summed E-state index contributed by atoms with van der Waals surface area (Å²) < 4.78 is 0. The number of aliphatic carboxylic acids is 2. The Morgan fingerprint density at radius 3 is 2.30 bits per heavy atom. The highest BCUT2D eigenvalue weighted by molar-refractivity contribution is 6.35. The van der Waals surface area contributed by atoms with Gasteiger partial charge in [0, 0.05) is 13.6 Å². The average Bonchev–Trinajstić information content (AvgIpc) is 2.43. The van der Waals surface area contributed by atoms with Crippen molar-refractivity contribution in [3.05, 3.63) is 0 Å². The fraction of sp³-hybridized carbons (Fsp3) is 0.667. The molecule has 20 heavy (non-hydrogen) atoms. The Morgan fingerprint density at radius 1 is 1.20 bits per heavy atom. The van der Waals surface area contributed by atoms with E-state index < -0.39 is 35.8 Å². The van der Waals surface area contributed by atoms with Crippen molar-refractivity contribution in [1.29, 1.82) is 0 Å². The maximum absolute atomic E-state index is 12.1. The minimum Gasteiger partial charge on any atom is -0.480 e. The zero-order valence-corrected chi connectivity index (χ0v) is 11.4. The number of likely N-dealkylation sites (tertiary alicyclic amines) is 1. The molecule has 0 bridgehead atoms. The third-order valence-corrected chi connectivity index (χ3v) is 3.49. The van der Waals surface area contributed by atoms with Gasteiger partial charge in [0.1, 0.15) is 12.1 Å². The van der Waals surface area contributed by atoms with E-state index in [0.717, 1.165) is 9.80 Å². The molecule has 1 heterocycles. The second kappa shape index (κ2) is 6.36. The number of nitrogens with zero attached hydrogens (tertiary/aromatic N) is 2. The standard InChI is InChI=1S/C12H18N2O6/c1-7(11(17)18)13(2)9(15)10(16)14-6-4-3-5-8(14)12(19)20/h7-8H,3-6H2,1-2H3,(H,17,18)(H,19,20)/t7?,8-/m1/s1. The highest BCUT2D eigenvalue weighted by atomic mass is 16.4. The average molecular weight is 286 g/mol. The summed E-state index contributed by atoms with van der Waals surface area (Å²) in [6.45, 7) is 1.47. The summed E-state index contributed by atoms with van der Waals surface area (Å²) in [5.41, 5.74) is 0. The molecule has 0 aromatic rings. The van der Waals surface area contributed by atoms with Gasteiger partial charge in [-0.3, -0.25) is 9.59 Å². The van der Waals surface area contributed by atoms with Gasteiger partial charge in [-0.15, -0.1) is 0 Å². The lowest BCUT2D eigenvalue weighted by atomic mass is 10.0. The molecule has 1 saturated heterocycles. The van der Waals surface area contributed by atoms with Crippen LogP contribution in [0.1, 0.15) is 26.2 Å². The topological polar surface area (TPSA) is 115 Å². The van der Waals surface area contributed by atoms with Crippen LogP contribution in [-0.2, 0) is 19.2 Å². The molecule has 0 aromatic heterocycles. The maximum atomic E-state index is 12.1. The molecule has 1 aliphatic heterocycles. The van der Waals surface area contributed by atoms with Gasteiger partial charge < -0.3 is 20.0 Å². The molecule has 112 valence electrons. The quantitative estimate of drug-likeness (QED) is 0.668. The van der Waals surface area contributed by atoms with Gasteiger partial charge in [0.2, 0.25) is 0 Å². The normalized spacial score (nSPS) is 20.1. The molecule has 0 aliphatic carbocycles. The Bertz CT molecular complexity index is 436. The summed E-state index contributed by atoms with van der Waals surface area (Å²) in [6.07, 6.45) is 1.60. The molecule has 2 atom stereocenters. The highest BCUT2D eigenvalue weighted by Gasteiger charge is 2.37. The van der Waals surface area contributed by atoms with Crippen molar-refractivity contribution in [2.24, 2.45) is 0 Å². The van der Waals surface area contributed by atoms with Gasteiger partial charge in [-0.2, -0.15) is 0 Å². The number of amides is 2. The number of carbonyl (C=O) groups is 4. The van der Waals surface area contributed by atoms with E-state index in [2.05, 4.69) is 0 Å². The smallest absolute Gasteiger partial charge is 0.326 e. The first-order valence-electron chi connectivity index (χ1n) is 6.30. The molecule has 1 rings (SSSR count). The molecule has 8 nitrogen and oxygen atoms in total. The fourth-order valence-corrected chi connectivity index (χ4v) is 2.05. The molecule has 1 aliphatic rings. The van der Waals surface area contributed by atoms with Gasteiger partial charge in [0.15, 0.2) is 0 Å². The first kappa shape index (κ1) is 15.9. The summed E-state index contributed by atoms with van der Waals surface area (Å²) in [7, 11) is 1.21. The lowest BCUT2D eigenvalue weighted by Crippen LogP contribution is -2.55. The number of rotatable bonds is 3. The summed E-state index contributed by atoms with van der Waals surface area (Å²) >= 11 is 0. The highest BCUT2D eigenvalue weighted by Crippen LogP contribution is 2.18. The number of hydrogen-bond acceptors (Lipinski definition) is 4. The van der Waals surface area contributed by atoms with Crippen LogP contribution >= 0.6 is 0 Å². The Morgan fingerprint density at radius 2 is 1.80 bits per heavy atom. The van der Waals surface area contributed by atoms with Gasteiger partial charge in [-0.25, -0.2) is 9.59 Å². The van der Waals surface area contributed by atoms with Crippen LogP contribution in [-0.4, -0.2) is 69.4 Å². The fourth-order valence-electron chi connectivity index (χ4n) is 2.05. The van der Waals surface area contributed by atoms with Crippen molar-refractivity contribution in [3.63, 3.8) is 0 Å². The first-order chi connectivity index (χ1) is 9.27. The van der Waals surface area contributed by atoms with Crippen LogP contribution in [0.3, 0.4) is 0 Å². The summed E-state index contributed by atoms with van der Waals surface area (Å²) in [6, 6.07) is -2.17. The summed E-state index contributed by atoms with van der Waals surface area (Å²) in [5, 5.41) is 17.9. The number of carbonyl (C=O) groups excluding carboxylic acids is 2. The van der Waals surface area contributed by atoms with E-state index in [9.17, 15) is 19.2 Å². The van der Waals surface area contributed by atoms with Gasteiger partial charge in [0.05, 0.1) is 0 Å². The molecule has 0 spiro atoms. The van der Waals surface area contributed by atoms with Crippen LogP contribution < -0.4 is 0 Å². The van der Waals surface area contributed by atoms with E-state index in [0.29, 0.717) is 19.3 Å². The van der Waals surface area contributed by atoms with E-state index in [1.165, 1.54) is 14.0 Å².